The fourth-order valence-corrected chi connectivity index (χ4v) is 3.35. The van der Waals surface area contributed by atoms with Gasteiger partial charge in [0.05, 0.1) is 17.2 Å². The zero-order chi connectivity index (χ0) is 20.2. The molecule has 8 heteroatoms. The summed E-state index contributed by atoms with van der Waals surface area (Å²) in [5, 5.41) is 9.12. The lowest BCUT2D eigenvalue weighted by Crippen LogP contribution is -2.10. The van der Waals surface area contributed by atoms with Crippen molar-refractivity contribution >= 4 is 22.9 Å². The molecular formula is C21H17FN4O2S. The van der Waals surface area contributed by atoms with Crippen LogP contribution < -0.4 is 10.1 Å². The van der Waals surface area contributed by atoms with E-state index in [0.29, 0.717) is 28.6 Å². The Bertz CT molecular complexity index is 1110. The predicted molar refractivity (Wildman–Crippen MR) is 110 cm³/mol. The number of anilines is 1. The number of carbonyl (C=O) groups excluding carboxylic acids is 1. The Morgan fingerprint density at radius 2 is 1.90 bits per heavy atom. The molecule has 1 N–H and O–H groups in total. The van der Waals surface area contributed by atoms with Crippen molar-refractivity contribution in [2.45, 2.75) is 6.92 Å². The summed E-state index contributed by atoms with van der Waals surface area (Å²) in [4.78, 5) is 17.3. The van der Waals surface area contributed by atoms with Crippen molar-refractivity contribution < 1.29 is 13.9 Å². The van der Waals surface area contributed by atoms with Crippen LogP contribution in [-0.2, 0) is 0 Å². The highest BCUT2D eigenvalue weighted by molar-refractivity contribution is 7.12. The third kappa shape index (κ3) is 4.17. The van der Waals surface area contributed by atoms with Crippen molar-refractivity contribution in [3.63, 3.8) is 0 Å². The van der Waals surface area contributed by atoms with Gasteiger partial charge in [-0.15, -0.1) is 16.4 Å². The topological polar surface area (TPSA) is 69.0 Å². The molecule has 0 bridgehead atoms. The minimum absolute atomic E-state index is 0.154. The van der Waals surface area contributed by atoms with E-state index in [9.17, 15) is 9.18 Å². The monoisotopic (exact) mass is 408 g/mol. The zero-order valence-corrected chi connectivity index (χ0v) is 16.3. The van der Waals surface area contributed by atoms with Gasteiger partial charge >= 0.3 is 6.01 Å². The number of hydrogen-bond donors (Lipinski definition) is 1. The summed E-state index contributed by atoms with van der Waals surface area (Å²) in [6.45, 7) is 2.28. The van der Waals surface area contributed by atoms with Crippen LogP contribution in [0.2, 0.25) is 0 Å². The van der Waals surface area contributed by atoms with Crippen LogP contribution in [0.3, 0.4) is 0 Å². The number of hydrogen-bond acceptors (Lipinski definition) is 5. The minimum atomic E-state index is -0.323. The van der Waals surface area contributed by atoms with E-state index >= 15 is 0 Å². The Morgan fingerprint density at radius 3 is 2.55 bits per heavy atom. The molecule has 0 unspecified atom stereocenters. The second-order valence-electron chi connectivity index (χ2n) is 6.05. The van der Waals surface area contributed by atoms with E-state index in [1.54, 1.807) is 35.0 Å². The summed E-state index contributed by atoms with van der Waals surface area (Å²) in [7, 11) is 0. The molecule has 0 aliphatic carbocycles. The van der Waals surface area contributed by atoms with Crippen molar-refractivity contribution in [3.05, 3.63) is 76.7 Å². The number of amides is 1. The lowest BCUT2D eigenvalue weighted by Gasteiger charge is -2.08. The molecule has 0 radical (unpaired) electrons. The van der Waals surface area contributed by atoms with E-state index in [0.717, 1.165) is 5.69 Å². The van der Waals surface area contributed by atoms with Gasteiger partial charge in [0.2, 0.25) is 0 Å². The lowest BCUT2D eigenvalue weighted by atomic mass is 10.2. The van der Waals surface area contributed by atoms with Crippen LogP contribution in [-0.4, -0.2) is 27.3 Å². The van der Waals surface area contributed by atoms with Gasteiger partial charge in [0.15, 0.2) is 5.82 Å². The second-order valence-corrected chi connectivity index (χ2v) is 7.00. The third-order valence-electron chi connectivity index (χ3n) is 4.08. The highest BCUT2D eigenvalue weighted by atomic mass is 32.1. The molecule has 0 aliphatic rings. The van der Waals surface area contributed by atoms with Crippen LogP contribution in [0.15, 0.2) is 66.0 Å². The number of rotatable bonds is 6. The first-order valence-corrected chi connectivity index (χ1v) is 9.83. The first-order valence-electron chi connectivity index (χ1n) is 8.95. The maximum absolute atomic E-state index is 13.3. The molecule has 0 fully saturated rings. The molecule has 4 rings (SSSR count). The maximum atomic E-state index is 13.3. The van der Waals surface area contributed by atoms with Gasteiger partial charge in [0.25, 0.3) is 5.91 Å². The van der Waals surface area contributed by atoms with E-state index in [1.165, 1.54) is 23.5 Å². The van der Waals surface area contributed by atoms with Crippen LogP contribution in [0.25, 0.3) is 17.1 Å². The number of halogens is 1. The van der Waals surface area contributed by atoms with Crippen LogP contribution in [0.5, 0.6) is 6.01 Å². The average Bonchev–Trinajstić information content (AvgIpc) is 3.40. The standard InChI is InChI=1S/C21H17FN4O2S/c1-2-28-21-24-19(14-5-7-15(22)8-6-14)26(25-21)17-11-9-16(10-12-17)23-20(27)18-4-3-13-29-18/h3-13H,2H2,1H3,(H,23,27). The maximum Gasteiger partial charge on any atom is 0.336 e. The van der Waals surface area contributed by atoms with Gasteiger partial charge in [-0.2, -0.15) is 4.98 Å². The van der Waals surface area contributed by atoms with Gasteiger partial charge in [0, 0.05) is 11.3 Å². The molecule has 1 amide bonds. The number of thiophene rings is 1. The molecule has 29 heavy (non-hydrogen) atoms. The number of ether oxygens (including phenoxy) is 1. The van der Waals surface area contributed by atoms with Gasteiger partial charge in [0.1, 0.15) is 5.82 Å². The third-order valence-corrected chi connectivity index (χ3v) is 4.95. The fraction of sp³-hybridized carbons (Fsp3) is 0.0952. The van der Waals surface area contributed by atoms with Crippen molar-refractivity contribution in [2.75, 3.05) is 11.9 Å². The van der Waals surface area contributed by atoms with E-state index in [-0.39, 0.29) is 17.7 Å². The number of aromatic nitrogens is 3. The molecule has 0 spiro atoms. The number of carbonyl (C=O) groups is 1. The highest BCUT2D eigenvalue weighted by Gasteiger charge is 2.15. The van der Waals surface area contributed by atoms with Crippen LogP contribution >= 0.6 is 11.3 Å². The summed E-state index contributed by atoms with van der Waals surface area (Å²) >= 11 is 1.38. The summed E-state index contributed by atoms with van der Waals surface area (Å²) in [5.41, 5.74) is 2.11. The first kappa shape index (κ1) is 18.8. The first-order chi connectivity index (χ1) is 14.1. The number of benzene rings is 2. The van der Waals surface area contributed by atoms with Crippen molar-refractivity contribution in [2.24, 2.45) is 0 Å². The van der Waals surface area contributed by atoms with Crippen LogP contribution in [0.4, 0.5) is 10.1 Å². The molecule has 146 valence electrons. The molecule has 6 nitrogen and oxygen atoms in total. The van der Waals surface area contributed by atoms with Gasteiger partial charge in [-0.3, -0.25) is 4.79 Å². The van der Waals surface area contributed by atoms with Crippen molar-refractivity contribution in [1.82, 2.24) is 14.8 Å². The molecular weight excluding hydrogens is 391 g/mol. The summed E-state index contributed by atoms with van der Waals surface area (Å²) < 4.78 is 20.4. The fourth-order valence-electron chi connectivity index (χ4n) is 2.74. The molecule has 0 atom stereocenters. The molecule has 4 aromatic rings. The van der Waals surface area contributed by atoms with Gasteiger partial charge in [-0.25, -0.2) is 9.07 Å². The van der Waals surface area contributed by atoms with Gasteiger partial charge in [-0.1, -0.05) is 6.07 Å². The Kier molecular flexibility index (Phi) is 5.35. The highest BCUT2D eigenvalue weighted by Crippen LogP contribution is 2.25. The van der Waals surface area contributed by atoms with Gasteiger partial charge < -0.3 is 10.1 Å². The van der Waals surface area contributed by atoms with E-state index in [1.807, 2.05) is 30.5 Å². The van der Waals surface area contributed by atoms with Crippen LogP contribution in [0.1, 0.15) is 16.6 Å². The molecule has 2 aromatic carbocycles. The molecule has 2 heterocycles. The summed E-state index contributed by atoms with van der Waals surface area (Å²) in [6.07, 6.45) is 0. The van der Waals surface area contributed by atoms with E-state index in [4.69, 9.17) is 4.74 Å². The average molecular weight is 408 g/mol. The second kappa shape index (κ2) is 8.24. The number of nitrogens with zero attached hydrogens (tertiary/aromatic N) is 3. The zero-order valence-electron chi connectivity index (χ0n) is 15.5. The minimum Gasteiger partial charge on any atom is -0.463 e. The summed E-state index contributed by atoms with van der Waals surface area (Å²) in [6, 6.07) is 17.1. The normalized spacial score (nSPS) is 10.7. The van der Waals surface area contributed by atoms with Crippen molar-refractivity contribution in [1.29, 1.82) is 0 Å². The Hall–Kier alpha value is -3.52. The largest absolute Gasteiger partial charge is 0.463 e. The van der Waals surface area contributed by atoms with E-state index in [2.05, 4.69) is 15.4 Å². The Morgan fingerprint density at radius 1 is 1.14 bits per heavy atom. The summed E-state index contributed by atoms with van der Waals surface area (Å²) in [5.74, 6) is 0.0543. The molecule has 0 saturated carbocycles. The van der Waals surface area contributed by atoms with Crippen molar-refractivity contribution in [3.8, 4) is 23.1 Å². The molecule has 2 aromatic heterocycles. The lowest BCUT2D eigenvalue weighted by molar-refractivity contribution is 0.103. The van der Waals surface area contributed by atoms with Crippen LogP contribution in [0, 0.1) is 5.82 Å². The van der Waals surface area contributed by atoms with Gasteiger partial charge in [-0.05, 0) is 66.9 Å². The SMILES string of the molecule is CCOc1nc(-c2ccc(F)cc2)n(-c2ccc(NC(=O)c3cccs3)cc2)n1. The molecule has 0 aliphatic heterocycles. The Labute approximate surface area is 170 Å². The van der Waals surface area contributed by atoms with E-state index < -0.39 is 0 Å². The quantitative estimate of drug-likeness (QED) is 0.498. The number of nitrogens with one attached hydrogen (secondary N) is 1. The predicted octanol–water partition coefficient (Wildman–Crippen LogP) is 4.79. The smallest absolute Gasteiger partial charge is 0.336 e. The molecule has 0 saturated heterocycles. The Balaban J connectivity index is 1.63.